The second-order valence-corrected chi connectivity index (χ2v) is 6.14. The quantitative estimate of drug-likeness (QED) is 0.807. The van der Waals surface area contributed by atoms with Gasteiger partial charge in [0.2, 0.25) is 0 Å². The zero-order valence-corrected chi connectivity index (χ0v) is 13.0. The minimum Gasteiger partial charge on any atom is -0.477 e. The minimum absolute atomic E-state index is 0.174. The predicted molar refractivity (Wildman–Crippen MR) is 85.9 cm³/mol. The molecule has 5 nitrogen and oxygen atoms in total. The lowest BCUT2D eigenvalue weighted by molar-refractivity contribution is 0.0701. The molecule has 6 heteroatoms. The molecule has 1 aromatic carbocycles. The fraction of sp³-hybridized carbons (Fsp3) is 0.188. The summed E-state index contributed by atoms with van der Waals surface area (Å²) in [4.78, 5) is 28.7. The van der Waals surface area contributed by atoms with Crippen LogP contribution >= 0.6 is 11.3 Å². The summed E-state index contributed by atoms with van der Waals surface area (Å²) in [5.74, 6) is -1.02. The number of hydrogen-bond donors (Lipinski definition) is 1. The summed E-state index contributed by atoms with van der Waals surface area (Å²) < 4.78 is 1.52. The Bertz CT molecular complexity index is 940. The summed E-state index contributed by atoms with van der Waals surface area (Å²) in [6.07, 6.45) is 1.48. The third-order valence-electron chi connectivity index (χ3n) is 3.71. The Hall–Kier alpha value is -2.47. The lowest BCUT2D eigenvalue weighted by atomic mass is 10.1. The van der Waals surface area contributed by atoms with E-state index in [1.54, 1.807) is 6.92 Å². The van der Waals surface area contributed by atoms with E-state index in [1.807, 2.05) is 31.2 Å². The molecule has 0 aliphatic carbocycles. The molecular weight excluding hydrogens is 300 g/mol. The zero-order chi connectivity index (χ0) is 15.9. The van der Waals surface area contributed by atoms with Gasteiger partial charge in [0, 0.05) is 0 Å². The van der Waals surface area contributed by atoms with Gasteiger partial charge >= 0.3 is 5.97 Å². The smallest absolute Gasteiger partial charge is 0.346 e. The summed E-state index contributed by atoms with van der Waals surface area (Å²) in [5, 5.41) is 9.57. The fourth-order valence-electron chi connectivity index (χ4n) is 2.45. The first kappa shape index (κ1) is 14.5. The number of benzene rings is 1. The van der Waals surface area contributed by atoms with E-state index >= 15 is 0 Å². The van der Waals surface area contributed by atoms with Crippen molar-refractivity contribution in [3.05, 3.63) is 62.5 Å². The van der Waals surface area contributed by atoms with Crippen molar-refractivity contribution >= 4 is 27.5 Å². The Morgan fingerprint density at radius 2 is 2.05 bits per heavy atom. The van der Waals surface area contributed by atoms with E-state index in [4.69, 9.17) is 0 Å². The Balaban J connectivity index is 2.15. The molecule has 0 atom stereocenters. The van der Waals surface area contributed by atoms with Gasteiger partial charge in [-0.2, -0.15) is 0 Å². The van der Waals surface area contributed by atoms with Crippen molar-refractivity contribution in [3.8, 4) is 0 Å². The molecule has 2 aromatic heterocycles. The third kappa shape index (κ3) is 2.31. The van der Waals surface area contributed by atoms with Crippen LogP contribution in [0.25, 0.3) is 10.2 Å². The van der Waals surface area contributed by atoms with Crippen LogP contribution in [0.3, 0.4) is 0 Å². The van der Waals surface area contributed by atoms with Gasteiger partial charge in [-0.05, 0) is 30.5 Å². The molecule has 112 valence electrons. The van der Waals surface area contributed by atoms with Gasteiger partial charge in [0.15, 0.2) is 0 Å². The van der Waals surface area contributed by atoms with Crippen LogP contribution in [0, 0.1) is 13.8 Å². The Labute approximate surface area is 130 Å². The highest BCUT2D eigenvalue weighted by Gasteiger charge is 2.18. The molecule has 0 saturated carbocycles. The first-order chi connectivity index (χ1) is 10.5. The van der Waals surface area contributed by atoms with Crippen molar-refractivity contribution < 1.29 is 9.90 Å². The topological polar surface area (TPSA) is 72.2 Å². The van der Waals surface area contributed by atoms with Crippen molar-refractivity contribution in [2.45, 2.75) is 20.4 Å². The molecule has 1 N–H and O–H groups in total. The maximum atomic E-state index is 12.6. The van der Waals surface area contributed by atoms with Gasteiger partial charge in [0.1, 0.15) is 9.71 Å². The first-order valence-electron chi connectivity index (χ1n) is 6.75. The monoisotopic (exact) mass is 314 g/mol. The molecule has 22 heavy (non-hydrogen) atoms. The first-order valence-corrected chi connectivity index (χ1v) is 7.57. The fourth-order valence-corrected chi connectivity index (χ4v) is 3.42. The van der Waals surface area contributed by atoms with Crippen molar-refractivity contribution in [1.29, 1.82) is 0 Å². The SMILES string of the molecule is Cc1ccccc1Cn1cnc2sc(C(=O)O)c(C)c2c1=O. The van der Waals surface area contributed by atoms with Crippen LogP contribution in [-0.2, 0) is 6.54 Å². The Morgan fingerprint density at radius 1 is 1.32 bits per heavy atom. The average Bonchev–Trinajstić information content (AvgIpc) is 2.82. The largest absolute Gasteiger partial charge is 0.477 e. The molecule has 0 spiro atoms. The number of fused-ring (bicyclic) bond motifs is 1. The number of aromatic nitrogens is 2. The van der Waals surface area contributed by atoms with Crippen LogP contribution in [0.5, 0.6) is 0 Å². The molecule has 0 fully saturated rings. The molecule has 0 radical (unpaired) electrons. The molecule has 0 aliphatic rings. The number of aryl methyl sites for hydroxylation is 2. The molecule has 0 bridgehead atoms. The maximum Gasteiger partial charge on any atom is 0.346 e. The normalized spacial score (nSPS) is 11.0. The summed E-state index contributed by atoms with van der Waals surface area (Å²) >= 11 is 1.04. The van der Waals surface area contributed by atoms with E-state index in [0.29, 0.717) is 22.3 Å². The van der Waals surface area contributed by atoms with Crippen LogP contribution in [0.1, 0.15) is 26.4 Å². The summed E-state index contributed by atoms with van der Waals surface area (Å²) in [6.45, 7) is 4.07. The van der Waals surface area contributed by atoms with Crippen LogP contribution < -0.4 is 5.56 Å². The molecule has 3 rings (SSSR count). The molecule has 0 unspecified atom stereocenters. The van der Waals surface area contributed by atoms with E-state index in [-0.39, 0.29) is 10.4 Å². The van der Waals surface area contributed by atoms with Gasteiger partial charge in [0.05, 0.1) is 18.3 Å². The van der Waals surface area contributed by atoms with Crippen molar-refractivity contribution in [3.63, 3.8) is 0 Å². The lowest BCUT2D eigenvalue weighted by Crippen LogP contribution is -2.21. The summed E-state index contributed by atoms with van der Waals surface area (Å²) in [7, 11) is 0. The van der Waals surface area contributed by atoms with E-state index in [2.05, 4.69) is 4.98 Å². The highest BCUT2D eigenvalue weighted by atomic mass is 32.1. The van der Waals surface area contributed by atoms with Crippen molar-refractivity contribution in [2.24, 2.45) is 0 Å². The number of hydrogen-bond acceptors (Lipinski definition) is 4. The predicted octanol–water partition coefficient (Wildman–Crippen LogP) is 2.82. The second kappa shape index (κ2) is 5.38. The highest BCUT2D eigenvalue weighted by molar-refractivity contribution is 7.20. The van der Waals surface area contributed by atoms with Gasteiger partial charge in [-0.25, -0.2) is 9.78 Å². The van der Waals surface area contributed by atoms with Gasteiger partial charge in [-0.3, -0.25) is 9.36 Å². The van der Waals surface area contributed by atoms with Crippen molar-refractivity contribution in [1.82, 2.24) is 9.55 Å². The van der Waals surface area contributed by atoms with Crippen LogP contribution in [0.2, 0.25) is 0 Å². The second-order valence-electron chi connectivity index (χ2n) is 5.15. The lowest BCUT2D eigenvalue weighted by Gasteiger charge is -2.08. The Morgan fingerprint density at radius 3 is 2.73 bits per heavy atom. The molecule has 0 saturated heterocycles. The zero-order valence-electron chi connectivity index (χ0n) is 12.2. The number of rotatable bonds is 3. The molecule has 2 heterocycles. The molecule has 3 aromatic rings. The van der Waals surface area contributed by atoms with E-state index in [0.717, 1.165) is 22.5 Å². The number of thiophene rings is 1. The maximum absolute atomic E-state index is 12.6. The average molecular weight is 314 g/mol. The number of carboxylic acids is 1. The third-order valence-corrected chi connectivity index (χ3v) is 4.90. The van der Waals surface area contributed by atoms with Gasteiger partial charge in [-0.15, -0.1) is 11.3 Å². The molecule has 0 aliphatic heterocycles. The number of nitrogens with zero attached hydrogens (tertiary/aromatic N) is 2. The van der Waals surface area contributed by atoms with Gasteiger partial charge < -0.3 is 5.11 Å². The Kier molecular flexibility index (Phi) is 3.54. The number of carbonyl (C=O) groups is 1. The number of aromatic carboxylic acids is 1. The summed E-state index contributed by atoms with van der Waals surface area (Å²) in [5.41, 5.74) is 2.43. The van der Waals surface area contributed by atoms with E-state index in [1.165, 1.54) is 10.9 Å². The van der Waals surface area contributed by atoms with E-state index < -0.39 is 5.97 Å². The summed E-state index contributed by atoms with van der Waals surface area (Å²) in [6, 6.07) is 7.84. The molecule has 0 amide bonds. The molecular formula is C16H14N2O3S. The standard InChI is InChI=1S/C16H14N2O3S/c1-9-5-3-4-6-11(9)7-18-8-17-14-12(15(18)19)10(2)13(22-14)16(20)21/h3-6,8H,7H2,1-2H3,(H,20,21). The van der Waals surface area contributed by atoms with E-state index in [9.17, 15) is 14.7 Å². The van der Waals surface area contributed by atoms with Gasteiger partial charge in [-0.1, -0.05) is 24.3 Å². The number of carboxylic acid groups (broad SMARTS) is 1. The van der Waals surface area contributed by atoms with Crippen LogP contribution in [-0.4, -0.2) is 20.6 Å². The van der Waals surface area contributed by atoms with Crippen molar-refractivity contribution in [2.75, 3.05) is 0 Å². The van der Waals surface area contributed by atoms with Crippen LogP contribution in [0.4, 0.5) is 0 Å². The van der Waals surface area contributed by atoms with Gasteiger partial charge in [0.25, 0.3) is 5.56 Å². The highest BCUT2D eigenvalue weighted by Crippen LogP contribution is 2.26. The minimum atomic E-state index is -1.02. The van der Waals surface area contributed by atoms with Crippen LogP contribution in [0.15, 0.2) is 35.4 Å².